The van der Waals surface area contributed by atoms with Gasteiger partial charge in [-0.3, -0.25) is 4.79 Å². The van der Waals surface area contributed by atoms with E-state index in [2.05, 4.69) is 10.0 Å². The van der Waals surface area contributed by atoms with Crippen LogP contribution >= 0.6 is 0 Å². The van der Waals surface area contributed by atoms with Crippen molar-refractivity contribution < 1.29 is 26.4 Å². The molecule has 0 aliphatic rings. The largest absolute Gasteiger partial charge is 0.326 e. The van der Waals surface area contributed by atoms with Crippen LogP contribution in [0.3, 0.4) is 0 Å². The predicted molar refractivity (Wildman–Crippen MR) is 85.8 cm³/mol. The van der Waals surface area contributed by atoms with Crippen LogP contribution in [-0.4, -0.2) is 20.9 Å². The Morgan fingerprint density at radius 2 is 1.64 bits per heavy atom. The highest BCUT2D eigenvalue weighted by molar-refractivity contribution is 7.89. The first-order valence-electron chi connectivity index (χ1n) is 7.28. The number of sulfonamides is 1. The second-order valence-electron chi connectivity index (χ2n) is 5.13. The lowest BCUT2D eigenvalue weighted by molar-refractivity contribution is -0.116. The predicted octanol–water partition coefficient (Wildman–Crippen LogP) is 2.80. The average molecular weight is 372 g/mol. The van der Waals surface area contributed by atoms with Crippen LogP contribution in [0.5, 0.6) is 0 Å². The van der Waals surface area contributed by atoms with Gasteiger partial charge in [0, 0.05) is 24.7 Å². The number of nitrogens with one attached hydrogen (secondary N) is 2. The second-order valence-corrected chi connectivity index (χ2v) is 6.90. The van der Waals surface area contributed by atoms with Crippen molar-refractivity contribution >= 4 is 21.6 Å². The van der Waals surface area contributed by atoms with E-state index in [0.717, 1.165) is 36.4 Å². The molecule has 2 aromatic carbocycles. The molecule has 25 heavy (non-hydrogen) atoms. The van der Waals surface area contributed by atoms with Gasteiger partial charge in [-0.2, -0.15) is 0 Å². The Morgan fingerprint density at radius 1 is 0.960 bits per heavy atom. The Labute approximate surface area is 142 Å². The summed E-state index contributed by atoms with van der Waals surface area (Å²) in [7, 11) is -3.78. The van der Waals surface area contributed by atoms with Gasteiger partial charge in [0.05, 0.1) is 4.90 Å². The Balaban J connectivity index is 1.79. The SMILES string of the molecule is O=C(CCCNS(=O)(=O)c1ccc(F)cc1)Nc1ccc(F)c(F)c1. The maximum absolute atomic E-state index is 13.0. The molecule has 0 saturated carbocycles. The molecule has 0 bridgehead atoms. The van der Waals surface area contributed by atoms with E-state index in [1.165, 1.54) is 6.07 Å². The lowest BCUT2D eigenvalue weighted by atomic mass is 10.2. The molecule has 0 heterocycles. The van der Waals surface area contributed by atoms with Gasteiger partial charge in [-0.05, 0) is 42.8 Å². The maximum Gasteiger partial charge on any atom is 0.240 e. The summed E-state index contributed by atoms with van der Waals surface area (Å²) in [5.41, 5.74) is 0.107. The highest BCUT2D eigenvalue weighted by Gasteiger charge is 2.13. The lowest BCUT2D eigenvalue weighted by Gasteiger charge is -2.08. The molecule has 0 saturated heterocycles. The van der Waals surface area contributed by atoms with Gasteiger partial charge in [0.15, 0.2) is 11.6 Å². The van der Waals surface area contributed by atoms with E-state index < -0.39 is 33.4 Å². The maximum atomic E-state index is 13.0. The highest BCUT2D eigenvalue weighted by Crippen LogP contribution is 2.13. The minimum atomic E-state index is -3.78. The molecular weight excluding hydrogens is 357 g/mol. The van der Waals surface area contributed by atoms with Gasteiger partial charge in [-0.25, -0.2) is 26.3 Å². The first-order chi connectivity index (χ1) is 11.8. The summed E-state index contributed by atoms with van der Waals surface area (Å²) in [5, 5.41) is 2.38. The zero-order chi connectivity index (χ0) is 18.4. The van der Waals surface area contributed by atoms with Crippen LogP contribution in [0, 0.1) is 17.5 Å². The highest BCUT2D eigenvalue weighted by atomic mass is 32.2. The molecule has 5 nitrogen and oxygen atoms in total. The van der Waals surface area contributed by atoms with E-state index in [0.29, 0.717) is 0 Å². The lowest BCUT2D eigenvalue weighted by Crippen LogP contribution is -2.25. The normalized spacial score (nSPS) is 11.3. The fourth-order valence-electron chi connectivity index (χ4n) is 1.95. The number of amides is 1. The molecule has 0 aliphatic heterocycles. The Bertz CT molecular complexity index is 855. The van der Waals surface area contributed by atoms with Gasteiger partial charge in [0.2, 0.25) is 15.9 Å². The molecule has 0 fully saturated rings. The van der Waals surface area contributed by atoms with Crippen LogP contribution in [0.25, 0.3) is 0 Å². The van der Waals surface area contributed by atoms with E-state index in [-0.39, 0.29) is 30.0 Å². The monoisotopic (exact) mass is 372 g/mol. The Hall–Kier alpha value is -2.39. The number of carbonyl (C=O) groups excluding carboxylic acids is 1. The minimum Gasteiger partial charge on any atom is -0.326 e. The third kappa shape index (κ3) is 5.57. The number of hydrogen-bond donors (Lipinski definition) is 2. The van der Waals surface area contributed by atoms with Crippen molar-refractivity contribution in [2.45, 2.75) is 17.7 Å². The van der Waals surface area contributed by atoms with Gasteiger partial charge in [-0.15, -0.1) is 0 Å². The molecule has 0 radical (unpaired) electrons. The summed E-state index contributed by atoms with van der Waals surface area (Å²) >= 11 is 0. The van der Waals surface area contributed by atoms with Crippen LogP contribution in [0.2, 0.25) is 0 Å². The molecule has 2 rings (SSSR count). The summed E-state index contributed by atoms with van der Waals surface area (Å²) in [6, 6.07) is 7.29. The van der Waals surface area contributed by atoms with Gasteiger partial charge < -0.3 is 5.32 Å². The molecular formula is C16H15F3N2O3S. The first kappa shape index (κ1) is 18.9. The number of hydrogen-bond acceptors (Lipinski definition) is 3. The third-order valence-electron chi connectivity index (χ3n) is 3.20. The number of rotatable bonds is 7. The molecule has 0 unspecified atom stereocenters. The van der Waals surface area contributed by atoms with Crippen LogP contribution < -0.4 is 10.0 Å². The fraction of sp³-hybridized carbons (Fsp3) is 0.188. The molecule has 0 atom stereocenters. The summed E-state index contributed by atoms with van der Waals surface area (Å²) < 4.78 is 64.8. The molecule has 0 aromatic heterocycles. The van der Waals surface area contributed by atoms with Gasteiger partial charge >= 0.3 is 0 Å². The molecule has 0 spiro atoms. The zero-order valence-electron chi connectivity index (χ0n) is 12.9. The van der Waals surface area contributed by atoms with Crippen LogP contribution in [0.15, 0.2) is 47.4 Å². The summed E-state index contributed by atoms with van der Waals surface area (Å²) in [6.45, 7) is -0.00902. The Kier molecular flexibility index (Phi) is 6.16. The zero-order valence-corrected chi connectivity index (χ0v) is 13.7. The van der Waals surface area contributed by atoms with Crippen molar-refractivity contribution in [2.75, 3.05) is 11.9 Å². The smallest absolute Gasteiger partial charge is 0.240 e. The molecule has 134 valence electrons. The van der Waals surface area contributed by atoms with E-state index >= 15 is 0 Å². The average Bonchev–Trinajstić information content (AvgIpc) is 2.55. The van der Waals surface area contributed by atoms with Crippen molar-refractivity contribution in [3.8, 4) is 0 Å². The molecule has 1 amide bonds. The van der Waals surface area contributed by atoms with E-state index in [4.69, 9.17) is 0 Å². The van der Waals surface area contributed by atoms with Crippen LogP contribution in [-0.2, 0) is 14.8 Å². The quantitative estimate of drug-likeness (QED) is 0.734. The molecule has 0 aliphatic carbocycles. The summed E-state index contributed by atoms with van der Waals surface area (Å²) in [5.74, 6) is -3.11. The van der Waals surface area contributed by atoms with Crippen molar-refractivity contribution in [1.29, 1.82) is 0 Å². The number of carbonyl (C=O) groups is 1. The van der Waals surface area contributed by atoms with Gasteiger partial charge in [0.1, 0.15) is 5.82 Å². The number of halogens is 3. The van der Waals surface area contributed by atoms with Crippen LogP contribution in [0.4, 0.5) is 18.9 Å². The van der Waals surface area contributed by atoms with E-state index in [1.807, 2.05) is 0 Å². The molecule has 2 aromatic rings. The van der Waals surface area contributed by atoms with Crippen molar-refractivity contribution in [3.63, 3.8) is 0 Å². The fourth-order valence-corrected chi connectivity index (χ4v) is 3.02. The number of benzene rings is 2. The second kappa shape index (κ2) is 8.13. The third-order valence-corrected chi connectivity index (χ3v) is 4.68. The first-order valence-corrected chi connectivity index (χ1v) is 8.76. The topological polar surface area (TPSA) is 75.3 Å². The van der Waals surface area contributed by atoms with Gasteiger partial charge in [-0.1, -0.05) is 0 Å². The van der Waals surface area contributed by atoms with Crippen LogP contribution in [0.1, 0.15) is 12.8 Å². The summed E-state index contributed by atoms with van der Waals surface area (Å²) in [4.78, 5) is 11.6. The molecule has 2 N–H and O–H groups in total. The van der Waals surface area contributed by atoms with E-state index in [1.54, 1.807) is 0 Å². The van der Waals surface area contributed by atoms with Gasteiger partial charge in [0.25, 0.3) is 0 Å². The van der Waals surface area contributed by atoms with Crippen molar-refractivity contribution in [1.82, 2.24) is 4.72 Å². The molecule has 9 heteroatoms. The minimum absolute atomic E-state index is 0.00902. The van der Waals surface area contributed by atoms with E-state index in [9.17, 15) is 26.4 Å². The van der Waals surface area contributed by atoms with Crippen molar-refractivity contribution in [2.24, 2.45) is 0 Å². The Morgan fingerprint density at radius 3 is 2.28 bits per heavy atom. The summed E-state index contributed by atoms with van der Waals surface area (Å²) in [6.07, 6.45) is 0.168. The number of anilines is 1. The standard InChI is InChI=1S/C16H15F3N2O3S/c17-11-3-6-13(7-4-11)25(23,24)20-9-1-2-16(22)21-12-5-8-14(18)15(19)10-12/h3-8,10,20H,1-2,9H2,(H,21,22). The van der Waals surface area contributed by atoms with Crippen molar-refractivity contribution in [3.05, 3.63) is 59.9 Å².